The van der Waals surface area contributed by atoms with E-state index in [1.54, 1.807) is 6.20 Å². The summed E-state index contributed by atoms with van der Waals surface area (Å²) >= 11 is 1.43. The van der Waals surface area contributed by atoms with Crippen molar-refractivity contribution in [1.82, 2.24) is 10.3 Å². The van der Waals surface area contributed by atoms with Crippen molar-refractivity contribution in [1.29, 1.82) is 0 Å². The molecular weight excluding hydrogens is 334 g/mol. The van der Waals surface area contributed by atoms with Crippen LogP contribution in [0.3, 0.4) is 0 Å². The van der Waals surface area contributed by atoms with E-state index in [1.165, 1.54) is 11.3 Å². The molecule has 0 saturated carbocycles. The summed E-state index contributed by atoms with van der Waals surface area (Å²) in [6.07, 6.45) is 2.08. The highest BCUT2D eigenvalue weighted by Gasteiger charge is 2.21. The molecule has 0 aliphatic carbocycles. The Morgan fingerprint density at radius 2 is 1.84 bits per heavy atom. The highest BCUT2D eigenvalue weighted by Crippen LogP contribution is 2.27. The molecule has 0 radical (unpaired) electrons. The van der Waals surface area contributed by atoms with Crippen LogP contribution in [0.15, 0.2) is 30.5 Å². The fraction of sp³-hybridized carbons (Fsp3) is 0.421. The minimum absolute atomic E-state index is 0.0195. The zero-order chi connectivity index (χ0) is 18.6. The number of carbonyl (C=O) groups is 2. The number of carbonyl (C=O) groups excluding carboxylic acids is 2. The summed E-state index contributed by atoms with van der Waals surface area (Å²) in [6.45, 7) is 9.98. The van der Waals surface area contributed by atoms with Crippen molar-refractivity contribution in [2.24, 2.45) is 0 Å². The van der Waals surface area contributed by atoms with Gasteiger partial charge in [0.05, 0.1) is 17.2 Å². The summed E-state index contributed by atoms with van der Waals surface area (Å²) in [5.41, 5.74) is 1.67. The summed E-state index contributed by atoms with van der Waals surface area (Å²) in [5, 5.41) is 6.75. The van der Waals surface area contributed by atoms with Gasteiger partial charge in [-0.05, 0) is 24.6 Å². The normalized spacial score (nSPS) is 12.5. The minimum atomic E-state index is -0.136. The SMILES string of the molecule is CCC(=O)Nc1ccc(C(C)NC(=O)c2cnc(C(C)(C)C)s2)cc1. The number of thiazole rings is 1. The van der Waals surface area contributed by atoms with E-state index < -0.39 is 0 Å². The quantitative estimate of drug-likeness (QED) is 0.837. The van der Waals surface area contributed by atoms with Gasteiger partial charge in [0.25, 0.3) is 5.91 Å². The Kier molecular flexibility index (Phi) is 5.95. The molecular formula is C19H25N3O2S. The van der Waals surface area contributed by atoms with Crippen molar-refractivity contribution in [3.63, 3.8) is 0 Å². The fourth-order valence-electron chi connectivity index (χ4n) is 2.18. The highest BCUT2D eigenvalue weighted by molar-refractivity contribution is 7.13. The summed E-state index contributed by atoms with van der Waals surface area (Å²) in [6, 6.07) is 7.36. The standard InChI is InChI=1S/C19H25N3O2S/c1-6-16(23)22-14-9-7-13(8-10-14)12(2)21-17(24)15-11-20-18(25-15)19(3,4)5/h7-12H,6H2,1-5H3,(H,21,24)(H,22,23). The number of amides is 2. The second-order valence-corrected chi connectivity index (χ2v) is 8.03. The van der Waals surface area contributed by atoms with Crippen LogP contribution in [0.2, 0.25) is 0 Å². The Labute approximate surface area is 152 Å². The molecule has 2 aromatic rings. The highest BCUT2D eigenvalue weighted by atomic mass is 32.1. The van der Waals surface area contributed by atoms with E-state index in [0.29, 0.717) is 11.3 Å². The number of rotatable bonds is 5. The molecule has 0 spiro atoms. The van der Waals surface area contributed by atoms with Gasteiger partial charge in [0.1, 0.15) is 4.88 Å². The van der Waals surface area contributed by atoms with Crippen LogP contribution in [0.25, 0.3) is 0 Å². The van der Waals surface area contributed by atoms with Gasteiger partial charge in [-0.3, -0.25) is 9.59 Å². The van der Waals surface area contributed by atoms with Gasteiger partial charge < -0.3 is 10.6 Å². The van der Waals surface area contributed by atoms with Crippen molar-refractivity contribution >= 4 is 28.8 Å². The first-order chi connectivity index (χ1) is 11.7. The van der Waals surface area contributed by atoms with E-state index in [0.717, 1.165) is 16.3 Å². The predicted octanol–water partition coefficient (Wildman–Crippen LogP) is 4.28. The zero-order valence-electron chi connectivity index (χ0n) is 15.3. The molecule has 1 aromatic heterocycles. The molecule has 1 heterocycles. The number of hydrogen-bond donors (Lipinski definition) is 2. The molecule has 6 heteroatoms. The molecule has 0 aliphatic rings. The minimum Gasteiger partial charge on any atom is -0.345 e. The number of anilines is 1. The average Bonchev–Trinajstić information content (AvgIpc) is 3.05. The van der Waals surface area contributed by atoms with E-state index in [4.69, 9.17) is 0 Å². The molecule has 0 fully saturated rings. The largest absolute Gasteiger partial charge is 0.345 e. The Morgan fingerprint density at radius 1 is 1.20 bits per heavy atom. The van der Waals surface area contributed by atoms with E-state index in [-0.39, 0.29) is 23.3 Å². The number of benzene rings is 1. The lowest BCUT2D eigenvalue weighted by Gasteiger charge is -2.15. The van der Waals surface area contributed by atoms with Crippen LogP contribution >= 0.6 is 11.3 Å². The first-order valence-corrected chi connectivity index (χ1v) is 9.19. The zero-order valence-corrected chi connectivity index (χ0v) is 16.2. The van der Waals surface area contributed by atoms with Gasteiger partial charge in [0.2, 0.25) is 5.91 Å². The molecule has 134 valence electrons. The Balaban J connectivity index is 2.01. The maximum Gasteiger partial charge on any atom is 0.263 e. The maximum atomic E-state index is 12.4. The van der Waals surface area contributed by atoms with Gasteiger partial charge in [-0.1, -0.05) is 39.8 Å². The van der Waals surface area contributed by atoms with E-state index in [9.17, 15) is 9.59 Å². The molecule has 2 amide bonds. The second kappa shape index (κ2) is 7.78. The molecule has 1 atom stereocenters. The van der Waals surface area contributed by atoms with Crippen molar-refractivity contribution < 1.29 is 9.59 Å². The van der Waals surface area contributed by atoms with Gasteiger partial charge in [-0.15, -0.1) is 11.3 Å². The molecule has 25 heavy (non-hydrogen) atoms. The summed E-state index contributed by atoms with van der Waals surface area (Å²) in [4.78, 5) is 28.8. The second-order valence-electron chi connectivity index (χ2n) is 7.00. The number of nitrogens with zero attached hydrogens (tertiary/aromatic N) is 1. The average molecular weight is 359 g/mol. The Bertz CT molecular complexity index is 745. The molecule has 0 aliphatic heterocycles. The van der Waals surface area contributed by atoms with Crippen LogP contribution in [0, 0.1) is 0 Å². The van der Waals surface area contributed by atoms with Gasteiger partial charge >= 0.3 is 0 Å². The van der Waals surface area contributed by atoms with Crippen molar-refractivity contribution in [2.45, 2.75) is 52.5 Å². The lowest BCUT2D eigenvalue weighted by atomic mass is 9.98. The summed E-state index contributed by atoms with van der Waals surface area (Å²) < 4.78 is 0. The number of hydrogen-bond acceptors (Lipinski definition) is 4. The molecule has 1 unspecified atom stereocenters. The van der Waals surface area contributed by atoms with Crippen LogP contribution in [0.1, 0.15) is 67.3 Å². The van der Waals surface area contributed by atoms with Gasteiger partial charge in [-0.25, -0.2) is 4.98 Å². The molecule has 0 saturated heterocycles. The van der Waals surface area contributed by atoms with Crippen LogP contribution in [0.5, 0.6) is 0 Å². The molecule has 1 aromatic carbocycles. The predicted molar refractivity (Wildman–Crippen MR) is 102 cm³/mol. The third kappa shape index (κ3) is 5.13. The third-order valence-corrected chi connectivity index (χ3v) is 5.16. The lowest BCUT2D eigenvalue weighted by Crippen LogP contribution is -2.25. The van der Waals surface area contributed by atoms with Crippen LogP contribution in [0.4, 0.5) is 5.69 Å². The van der Waals surface area contributed by atoms with Gasteiger partial charge in [-0.2, -0.15) is 0 Å². The van der Waals surface area contributed by atoms with Gasteiger partial charge in [0, 0.05) is 17.5 Å². The van der Waals surface area contributed by atoms with Crippen molar-refractivity contribution in [2.75, 3.05) is 5.32 Å². The Morgan fingerprint density at radius 3 is 2.36 bits per heavy atom. The maximum absolute atomic E-state index is 12.4. The van der Waals surface area contributed by atoms with E-state index in [2.05, 4.69) is 36.4 Å². The number of aromatic nitrogens is 1. The fourth-order valence-corrected chi connectivity index (χ4v) is 3.06. The Hall–Kier alpha value is -2.21. The smallest absolute Gasteiger partial charge is 0.263 e. The van der Waals surface area contributed by atoms with Crippen LogP contribution < -0.4 is 10.6 Å². The first kappa shape index (κ1) is 19.1. The topological polar surface area (TPSA) is 71.1 Å². The third-order valence-electron chi connectivity index (χ3n) is 3.73. The molecule has 5 nitrogen and oxygen atoms in total. The van der Waals surface area contributed by atoms with Crippen molar-refractivity contribution in [3.05, 3.63) is 45.9 Å². The summed E-state index contributed by atoms with van der Waals surface area (Å²) in [7, 11) is 0. The van der Waals surface area contributed by atoms with Crippen LogP contribution in [-0.4, -0.2) is 16.8 Å². The van der Waals surface area contributed by atoms with Crippen molar-refractivity contribution in [3.8, 4) is 0 Å². The molecule has 0 bridgehead atoms. The van der Waals surface area contributed by atoms with E-state index in [1.807, 2.05) is 38.1 Å². The lowest BCUT2D eigenvalue weighted by molar-refractivity contribution is -0.115. The van der Waals surface area contributed by atoms with Crippen LogP contribution in [-0.2, 0) is 10.2 Å². The monoisotopic (exact) mass is 359 g/mol. The molecule has 2 rings (SSSR count). The molecule has 2 N–H and O–H groups in total. The first-order valence-electron chi connectivity index (χ1n) is 8.37. The number of nitrogens with one attached hydrogen (secondary N) is 2. The van der Waals surface area contributed by atoms with E-state index >= 15 is 0 Å². The van der Waals surface area contributed by atoms with Gasteiger partial charge in [0.15, 0.2) is 0 Å². The summed E-state index contributed by atoms with van der Waals surface area (Å²) in [5.74, 6) is -0.141.